The maximum absolute atomic E-state index is 12.4. The van der Waals surface area contributed by atoms with Gasteiger partial charge in [0.05, 0.1) is 6.10 Å². The zero-order chi connectivity index (χ0) is 18.7. The van der Waals surface area contributed by atoms with Gasteiger partial charge in [0.2, 0.25) is 0 Å². The first-order chi connectivity index (χ1) is 11.7. The fourth-order valence-corrected chi connectivity index (χ4v) is 2.75. The van der Waals surface area contributed by atoms with Crippen LogP contribution in [0.4, 0.5) is 5.69 Å². The predicted molar refractivity (Wildman–Crippen MR) is 95.6 cm³/mol. The van der Waals surface area contributed by atoms with Crippen LogP contribution in [0.1, 0.15) is 52.8 Å². The number of esters is 1. The molecule has 0 unspecified atom stereocenters. The number of nitrogens with one attached hydrogen (secondary N) is 2. The second kappa shape index (κ2) is 7.53. The van der Waals surface area contributed by atoms with Crippen LogP contribution in [0.15, 0.2) is 24.3 Å². The Morgan fingerprint density at radius 1 is 1.12 bits per heavy atom. The smallest absolute Gasteiger partial charge is 0.355 e. The van der Waals surface area contributed by atoms with Gasteiger partial charge >= 0.3 is 5.97 Å². The monoisotopic (exact) mass is 344 g/mol. The van der Waals surface area contributed by atoms with Crippen molar-refractivity contribution in [2.45, 2.75) is 46.8 Å². The van der Waals surface area contributed by atoms with E-state index in [4.69, 9.17) is 4.74 Å². The number of aromatic nitrogens is 1. The van der Waals surface area contributed by atoms with Crippen molar-refractivity contribution in [3.8, 4) is 0 Å². The van der Waals surface area contributed by atoms with Gasteiger partial charge in [-0.05, 0) is 52.3 Å². The number of amides is 1. The largest absolute Gasteiger partial charge is 0.448 e. The van der Waals surface area contributed by atoms with E-state index in [-0.39, 0.29) is 5.69 Å². The van der Waals surface area contributed by atoms with Gasteiger partial charge in [-0.15, -0.1) is 0 Å². The van der Waals surface area contributed by atoms with Gasteiger partial charge in [-0.3, -0.25) is 4.79 Å². The molecule has 134 valence electrons. The minimum absolute atomic E-state index is 0.253. The summed E-state index contributed by atoms with van der Waals surface area (Å²) in [4.78, 5) is 27.5. The normalized spacial score (nSPS) is 13.2. The lowest BCUT2D eigenvalue weighted by atomic mass is 10.1. The molecule has 2 atom stereocenters. The Bertz CT molecular complexity index is 775. The van der Waals surface area contributed by atoms with Crippen LogP contribution >= 0.6 is 0 Å². The second-order valence-corrected chi connectivity index (χ2v) is 6.24. The molecular weight excluding hydrogens is 320 g/mol. The summed E-state index contributed by atoms with van der Waals surface area (Å²) in [5.74, 6) is -1.03. The van der Waals surface area contributed by atoms with Crippen molar-refractivity contribution in [2.24, 2.45) is 0 Å². The quantitative estimate of drug-likeness (QED) is 0.727. The number of ether oxygens (including phenoxy) is 1. The van der Waals surface area contributed by atoms with Crippen LogP contribution in [0.25, 0.3) is 0 Å². The summed E-state index contributed by atoms with van der Waals surface area (Å²) >= 11 is 0. The highest BCUT2D eigenvalue weighted by atomic mass is 16.5. The van der Waals surface area contributed by atoms with Crippen LogP contribution in [0, 0.1) is 20.8 Å². The zero-order valence-corrected chi connectivity index (χ0v) is 15.1. The molecule has 0 bridgehead atoms. The molecule has 0 radical (unpaired) electrons. The molecule has 3 N–H and O–H groups in total. The molecule has 6 heteroatoms. The molecule has 0 aliphatic rings. The van der Waals surface area contributed by atoms with Gasteiger partial charge < -0.3 is 20.1 Å². The lowest BCUT2D eigenvalue weighted by molar-refractivity contribution is -0.123. The minimum Gasteiger partial charge on any atom is -0.448 e. The first-order valence-corrected chi connectivity index (χ1v) is 8.16. The predicted octanol–water partition coefficient (Wildman–Crippen LogP) is 3.18. The molecule has 2 aromatic rings. The number of rotatable bonds is 5. The van der Waals surface area contributed by atoms with Gasteiger partial charge in [-0.25, -0.2) is 4.79 Å². The summed E-state index contributed by atoms with van der Waals surface area (Å²) < 4.78 is 5.26. The number of H-pyrrole nitrogens is 1. The van der Waals surface area contributed by atoms with E-state index in [9.17, 15) is 14.7 Å². The highest BCUT2D eigenvalue weighted by Gasteiger charge is 2.24. The Morgan fingerprint density at radius 3 is 2.24 bits per heavy atom. The summed E-state index contributed by atoms with van der Waals surface area (Å²) in [7, 11) is 0. The van der Waals surface area contributed by atoms with Crippen molar-refractivity contribution in [3.05, 3.63) is 52.3 Å². The third-order valence-corrected chi connectivity index (χ3v) is 4.09. The lowest BCUT2D eigenvalue weighted by Gasteiger charge is -2.13. The molecule has 0 saturated carbocycles. The van der Waals surface area contributed by atoms with Crippen LogP contribution in [0.5, 0.6) is 0 Å². The maximum atomic E-state index is 12.4. The van der Waals surface area contributed by atoms with Crippen LogP contribution in [0.2, 0.25) is 0 Å². The van der Waals surface area contributed by atoms with Crippen molar-refractivity contribution in [1.82, 2.24) is 4.98 Å². The van der Waals surface area contributed by atoms with Crippen molar-refractivity contribution in [3.63, 3.8) is 0 Å². The molecule has 25 heavy (non-hydrogen) atoms. The summed E-state index contributed by atoms with van der Waals surface area (Å²) in [5.41, 5.74) is 3.98. The topological polar surface area (TPSA) is 91.4 Å². The number of aliphatic hydroxyl groups excluding tert-OH is 1. The van der Waals surface area contributed by atoms with Crippen LogP contribution in [-0.2, 0) is 9.53 Å². The number of carbonyl (C=O) groups is 2. The van der Waals surface area contributed by atoms with E-state index in [0.29, 0.717) is 22.5 Å². The number of carbonyl (C=O) groups excluding carboxylic acids is 2. The van der Waals surface area contributed by atoms with E-state index in [1.54, 1.807) is 32.9 Å². The number of hydrogen-bond acceptors (Lipinski definition) is 4. The van der Waals surface area contributed by atoms with E-state index in [1.807, 2.05) is 19.1 Å². The molecule has 6 nitrogen and oxygen atoms in total. The number of hydrogen-bond donors (Lipinski definition) is 3. The Kier molecular flexibility index (Phi) is 5.64. The SMILES string of the molecule is Cc1ccc(NC(=O)[C@H](C)OC(=O)c2[nH]c(C)c([C@H](C)O)c2C)cc1. The minimum atomic E-state index is -0.952. The number of anilines is 1. The van der Waals surface area contributed by atoms with Gasteiger partial charge in [0, 0.05) is 16.9 Å². The Labute approximate surface area is 147 Å². The number of aryl methyl sites for hydroxylation is 2. The number of aromatic amines is 1. The summed E-state index contributed by atoms with van der Waals surface area (Å²) in [6, 6.07) is 7.34. The molecule has 1 amide bonds. The molecule has 0 fully saturated rings. The molecule has 1 aromatic carbocycles. The second-order valence-electron chi connectivity index (χ2n) is 6.24. The number of benzene rings is 1. The van der Waals surface area contributed by atoms with Gasteiger partial charge in [0.25, 0.3) is 5.91 Å². The molecule has 2 rings (SSSR count). The highest BCUT2D eigenvalue weighted by Crippen LogP contribution is 2.25. The van der Waals surface area contributed by atoms with E-state index in [1.165, 1.54) is 6.92 Å². The van der Waals surface area contributed by atoms with Crippen molar-refractivity contribution < 1.29 is 19.4 Å². The van der Waals surface area contributed by atoms with E-state index >= 15 is 0 Å². The van der Waals surface area contributed by atoms with E-state index < -0.39 is 24.1 Å². The van der Waals surface area contributed by atoms with Crippen molar-refractivity contribution in [1.29, 1.82) is 0 Å². The molecule has 0 saturated heterocycles. The van der Waals surface area contributed by atoms with Crippen LogP contribution < -0.4 is 5.32 Å². The van der Waals surface area contributed by atoms with Gasteiger partial charge in [-0.1, -0.05) is 17.7 Å². The zero-order valence-electron chi connectivity index (χ0n) is 15.1. The highest BCUT2D eigenvalue weighted by molar-refractivity contribution is 5.97. The standard InChI is InChI=1S/C19H24N2O4/c1-10-6-8-15(9-7-10)21-18(23)14(5)25-19(24)17-11(2)16(13(4)22)12(3)20-17/h6-9,13-14,20,22H,1-5H3,(H,21,23)/t13-,14-/m0/s1. The first-order valence-electron chi connectivity index (χ1n) is 8.16. The Hall–Kier alpha value is -2.60. The van der Waals surface area contributed by atoms with E-state index in [2.05, 4.69) is 10.3 Å². The average molecular weight is 344 g/mol. The third kappa shape index (κ3) is 4.28. The molecular formula is C19H24N2O4. The first kappa shape index (κ1) is 18.7. The molecule has 0 aliphatic carbocycles. The molecule has 1 heterocycles. The molecule has 0 aliphatic heterocycles. The van der Waals surface area contributed by atoms with Crippen molar-refractivity contribution in [2.75, 3.05) is 5.32 Å². The third-order valence-electron chi connectivity index (χ3n) is 4.09. The van der Waals surface area contributed by atoms with Crippen LogP contribution in [-0.4, -0.2) is 28.1 Å². The van der Waals surface area contributed by atoms with Gasteiger partial charge in [0.15, 0.2) is 6.10 Å². The molecule has 1 aromatic heterocycles. The fraction of sp³-hybridized carbons (Fsp3) is 0.368. The van der Waals surface area contributed by atoms with E-state index in [0.717, 1.165) is 5.56 Å². The maximum Gasteiger partial charge on any atom is 0.355 e. The number of aliphatic hydroxyl groups is 1. The Morgan fingerprint density at radius 2 is 1.72 bits per heavy atom. The van der Waals surface area contributed by atoms with Gasteiger partial charge in [-0.2, -0.15) is 0 Å². The van der Waals surface area contributed by atoms with Crippen molar-refractivity contribution >= 4 is 17.6 Å². The fourth-order valence-electron chi connectivity index (χ4n) is 2.75. The summed E-state index contributed by atoms with van der Waals surface area (Å²) in [5, 5.41) is 12.5. The van der Waals surface area contributed by atoms with Crippen LogP contribution in [0.3, 0.4) is 0 Å². The average Bonchev–Trinajstić information content (AvgIpc) is 2.84. The summed E-state index contributed by atoms with van der Waals surface area (Å²) in [6.45, 7) is 8.62. The summed E-state index contributed by atoms with van der Waals surface area (Å²) in [6.07, 6.45) is -1.65. The van der Waals surface area contributed by atoms with Gasteiger partial charge in [0.1, 0.15) is 5.69 Å². The molecule has 0 spiro atoms. The Balaban J connectivity index is 2.06. The lowest BCUT2D eigenvalue weighted by Crippen LogP contribution is -2.30.